The molecule has 1 amide bonds. The molecule has 0 saturated carbocycles. The van der Waals surface area contributed by atoms with Crippen LogP contribution in [0.3, 0.4) is 0 Å². The lowest BCUT2D eigenvalue weighted by atomic mass is 10.1. The van der Waals surface area contributed by atoms with Crippen LogP contribution in [-0.2, 0) is 17.5 Å². The van der Waals surface area contributed by atoms with Crippen LogP contribution in [0, 0.1) is 0 Å². The van der Waals surface area contributed by atoms with E-state index in [9.17, 15) is 18.0 Å². The van der Waals surface area contributed by atoms with Crippen LogP contribution in [0.25, 0.3) is 0 Å². The van der Waals surface area contributed by atoms with Gasteiger partial charge in [-0.1, -0.05) is 30.3 Å². The molecular formula is C17H16F3NO2. The highest BCUT2D eigenvalue weighted by Gasteiger charge is 2.29. The van der Waals surface area contributed by atoms with E-state index in [1.165, 1.54) is 12.1 Å². The molecule has 0 aliphatic rings. The molecule has 1 atom stereocenters. The number of ether oxygens (including phenoxy) is 1. The van der Waals surface area contributed by atoms with Crippen molar-refractivity contribution in [3.05, 3.63) is 65.7 Å². The van der Waals surface area contributed by atoms with Crippen molar-refractivity contribution in [2.45, 2.75) is 25.7 Å². The monoisotopic (exact) mass is 323 g/mol. The number of benzene rings is 2. The number of alkyl halides is 3. The van der Waals surface area contributed by atoms with E-state index in [1.807, 2.05) is 6.07 Å². The summed E-state index contributed by atoms with van der Waals surface area (Å²) in [7, 11) is 0. The van der Waals surface area contributed by atoms with Crippen LogP contribution < -0.4 is 10.1 Å². The standard InChI is InChI=1S/C17H16F3NO2/c1-12(23-15-5-3-2-4-6-15)16(22)21-11-13-7-9-14(10-8-13)17(18,19)20/h2-10,12H,11H2,1H3,(H,21,22). The lowest BCUT2D eigenvalue weighted by molar-refractivity contribution is -0.137. The molecule has 1 unspecified atom stereocenters. The van der Waals surface area contributed by atoms with Crippen molar-refractivity contribution in [2.75, 3.05) is 0 Å². The van der Waals surface area contributed by atoms with E-state index < -0.39 is 17.8 Å². The highest BCUT2D eigenvalue weighted by Crippen LogP contribution is 2.29. The van der Waals surface area contributed by atoms with Gasteiger partial charge in [0.15, 0.2) is 6.10 Å². The first kappa shape index (κ1) is 16.9. The molecule has 0 aliphatic carbocycles. The van der Waals surface area contributed by atoms with Crippen LogP contribution in [0.1, 0.15) is 18.1 Å². The van der Waals surface area contributed by atoms with E-state index in [-0.39, 0.29) is 12.5 Å². The number of halogens is 3. The van der Waals surface area contributed by atoms with Crippen LogP contribution >= 0.6 is 0 Å². The summed E-state index contributed by atoms with van der Waals surface area (Å²) >= 11 is 0. The van der Waals surface area contributed by atoms with Gasteiger partial charge in [0.1, 0.15) is 5.75 Å². The van der Waals surface area contributed by atoms with Crippen molar-refractivity contribution in [3.63, 3.8) is 0 Å². The van der Waals surface area contributed by atoms with E-state index >= 15 is 0 Å². The molecule has 2 aromatic rings. The molecule has 0 saturated heterocycles. The second-order valence-electron chi connectivity index (χ2n) is 4.99. The van der Waals surface area contributed by atoms with Gasteiger partial charge in [-0.2, -0.15) is 13.2 Å². The topological polar surface area (TPSA) is 38.3 Å². The summed E-state index contributed by atoms with van der Waals surface area (Å²) in [6, 6.07) is 13.6. The third-order valence-corrected chi connectivity index (χ3v) is 3.17. The average molecular weight is 323 g/mol. The Morgan fingerprint density at radius 1 is 1.09 bits per heavy atom. The molecule has 0 spiro atoms. The molecule has 0 radical (unpaired) electrons. The molecule has 2 aromatic carbocycles. The van der Waals surface area contributed by atoms with Gasteiger partial charge in [-0.15, -0.1) is 0 Å². The molecule has 6 heteroatoms. The summed E-state index contributed by atoms with van der Waals surface area (Å²) in [6.45, 7) is 1.74. The van der Waals surface area contributed by atoms with Crippen molar-refractivity contribution in [3.8, 4) is 5.75 Å². The number of carbonyl (C=O) groups excluding carboxylic acids is 1. The summed E-state index contributed by atoms with van der Waals surface area (Å²) in [5.74, 6) is 0.235. The number of para-hydroxylation sites is 1. The van der Waals surface area contributed by atoms with Gasteiger partial charge in [0.2, 0.25) is 0 Å². The SMILES string of the molecule is CC(Oc1ccccc1)C(=O)NCc1ccc(C(F)(F)F)cc1. The number of amides is 1. The Kier molecular flexibility index (Phi) is 5.26. The molecule has 0 heterocycles. The van der Waals surface area contributed by atoms with Gasteiger partial charge in [0, 0.05) is 6.54 Å². The fourth-order valence-electron chi connectivity index (χ4n) is 1.90. The van der Waals surface area contributed by atoms with Gasteiger partial charge in [-0.25, -0.2) is 0 Å². The van der Waals surface area contributed by atoms with Gasteiger partial charge >= 0.3 is 6.18 Å². The average Bonchev–Trinajstić information content (AvgIpc) is 2.53. The van der Waals surface area contributed by atoms with E-state index in [0.717, 1.165) is 12.1 Å². The fourth-order valence-corrected chi connectivity index (χ4v) is 1.90. The summed E-state index contributed by atoms with van der Waals surface area (Å²) in [5, 5.41) is 2.63. The van der Waals surface area contributed by atoms with Crippen molar-refractivity contribution in [2.24, 2.45) is 0 Å². The summed E-state index contributed by atoms with van der Waals surface area (Å²) in [6.07, 6.45) is -5.06. The predicted octanol–water partition coefficient (Wildman–Crippen LogP) is 3.79. The van der Waals surface area contributed by atoms with Crippen LogP contribution in [-0.4, -0.2) is 12.0 Å². The molecule has 23 heavy (non-hydrogen) atoms. The number of rotatable bonds is 5. The molecule has 1 N–H and O–H groups in total. The molecule has 122 valence electrons. The Balaban J connectivity index is 1.86. The molecular weight excluding hydrogens is 307 g/mol. The van der Waals surface area contributed by atoms with Crippen LogP contribution in [0.4, 0.5) is 13.2 Å². The van der Waals surface area contributed by atoms with Gasteiger partial charge in [0.25, 0.3) is 5.91 Å². The fraction of sp³-hybridized carbons (Fsp3) is 0.235. The highest BCUT2D eigenvalue weighted by atomic mass is 19.4. The maximum atomic E-state index is 12.5. The Labute approximate surface area is 132 Å². The lowest BCUT2D eigenvalue weighted by Crippen LogP contribution is -2.35. The summed E-state index contributed by atoms with van der Waals surface area (Å²) < 4.78 is 42.8. The Hall–Kier alpha value is -2.50. The normalized spacial score (nSPS) is 12.5. The number of hydrogen-bond donors (Lipinski definition) is 1. The van der Waals surface area contributed by atoms with Gasteiger partial charge in [-0.05, 0) is 36.8 Å². The molecule has 2 rings (SSSR count). The number of nitrogens with one attached hydrogen (secondary N) is 1. The maximum absolute atomic E-state index is 12.5. The Bertz CT molecular complexity index is 639. The van der Waals surface area contributed by atoms with Gasteiger partial charge < -0.3 is 10.1 Å². The van der Waals surface area contributed by atoms with Crippen LogP contribution in [0.15, 0.2) is 54.6 Å². The van der Waals surface area contributed by atoms with Crippen molar-refractivity contribution < 1.29 is 22.7 Å². The third-order valence-electron chi connectivity index (χ3n) is 3.17. The summed E-state index contributed by atoms with van der Waals surface area (Å²) in [4.78, 5) is 11.9. The first-order valence-corrected chi connectivity index (χ1v) is 7.02. The molecule has 0 aliphatic heterocycles. The third kappa shape index (κ3) is 5.02. The van der Waals surface area contributed by atoms with Gasteiger partial charge in [0.05, 0.1) is 5.56 Å². The zero-order valence-electron chi connectivity index (χ0n) is 12.4. The zero-order chi connectivity index (χ0) is 16.9. The van der Waals surface area contributed by atoms with Crippen molar-refractivity contribution in [1.29, 1.82) is 0 Å². The van der Waals surface area contributed by atoms with E-state index in [2.05, 4.69) is 5.32 Å². The minimum atomic E-state index is -4.36. The molecule has 0 bridgehead atoms. The number of carbonyl (C=O) groups is 1. The molecule has 3 nitrogen and oxygen atoms in total. The molecule has 0 aromatic heterocycles. The summed E-state index contributed by atoms with van der Waals surface area (Å²) in [5.41, 5.74) is -0.133. The Morgan fingerprint density at radius 3 is 2.26 bits per heavy atom. The lowest BCUT2D eigenvalue weighted by Gasteiger charge is -2.15. The largest absolute Gasteiger partial charge is 0.481 e. The first-order valence-electron chi connectivity index (χ1n) is 7.02. The minimum Gasteiger partial charge on any atom is -0.481 e. The highest BCUT2D eigenvalue weighted by molar-refractivity contribution is 5.80. The predicted molar refractivity (Wildman–Crippen MR) is 79.8 cm³/mol. The van der Waals surface area contributed by atoms with E-state index in [0.29, 0.717) is 11.3 Å². The molecule has 0 fully saturated rings. The van der Waals surface area contributed by atoms with Gasteiger partial charge in [-0.3, -0.25) is 4.79 Å². The van der Waals surface area contributed by atoms with E-state index in [4.69, 9.17) is 4.74 Å². The Morgan fingerprint density at radius 2 is 1.70 bits per heavy atom. The smallest absolute Gasteiger partial charge is 0.416 e. The second-order valence-corrected chi connectivity index (χ2v) is 4.99. The van der Waals surface area contributed by atoms with Crippen molar-refractivity contribution in [1.82, 2.24) is 5.32 Å². The van der Waals surface area contributed by atoms with Crippen LogP contribution in [0.5, 0.6) is 5.75 Å². The van der Waals surface area contributed by atoms with Crippen LogP contribution in [0.2, 0.25) is 0 Å². The number of hydrogen-bond acceptors (Lipinski definition) is 2. The second kappa shape index (κ2) is 7.17. The van der Waals surface area contributed by atoms with E-state index in [1.54, 1.807) is 31.2 Å². The zero-order valence-corrected chi connectivity index (χ0v) is 12.4. The quantitative estimate of drug-likeness (QED) is 0.909. The van der Waals surface area contributed by atoms with Crippen molar-refractivity contribution >= 4 is 5.91 Å². The maximum Gasteiger partial charge on any atom is 0.416 e. The first-order chi connectivity index (χ1) is 10.9. The minimum absolute atomic E-state index is 0.138.